The first-order valence-electron chi connectivity index (χ1n) is 3.73. The van der Waals surface area contributed by atoms with Gasteiger partial charge in [0.15, 0.2) is 0 Å². The third-order valence-corrected chi connectivity index (χ3v) is 1.58. The summed E-state index contributed by atoms with van der Waals surface area (Å²) in [5, 5.41) is 11.4. The van der Waals surface area contributed by atoms with E-state index in [0.717, 1.165) is 0 Å². The first-order chi connectivity index (χ1) is 5.20. The van der Waals surface area contributed by atoms with Crippen molar-refractivity contribution in [3.05, 3.63) is 0 Å². The highest BCUT2D eigenvalue weighted by Crippen LogP contribution is 2.08. The Bertz CT molecular complexity index is 143. The van der Waals surface area contributed by atoms with Crippen LogP contribution in [-0.4, -0.2) is 36.9 Å². The van der Waals surface area contributed by atoms with Gasteiger partial charge in [-0.1, -0.05) is 0 Å². The Balaban J connectivity index is 2.10. The van der Waals surface area contributed by atoms with Crippen molar-refractivity contribution in [3.8, 4) is 0 Å². The molecule has 1 atom stereocenters. The van der Waals surface area contributed by atoms with E-state index in [9.17, 15) is 4.79 Å². The molecule has 0 bridgehead atoms. The minimum absolute atomic E-state index is 0.00810. The van der Waals surface area contributed by atoms with Crippen molar-refractivity contribution in [3.63, 3.8) is 0 Å². The number of amides is 1. The molecule has 1 saturated heterocycles. The summed E-state index contributed by atoms with van der Waals surface area (Å²) in [6.45, 7) is 3.00. The van der Waals surface area contributed by atoms with Crippen LogP contribution in [0.15, 0.2) is 0 Å². The summed E-state index contributed by atoms with van der Waals surface area (Å²) >= 11 is 0. The summed E-state index contributed by atoms with van der Waals surface area (Å²) in [4.78, 5) is 11.0. The summed E-state index contributed by atoms with van der Waals surface area (Å²) in [7, 11) is 0. The standard InChI is InChI=1S/C7H13NO3/c1-5(9)2-8-7(10)6-3-11-4-6/h5-6,9H,2-4H2,1H3,(H,8,10)/t5-/m0/s1. The zero-order valence-electron chi connectivity index (χ0n) is 6.54. The van der Waals surface area contributed by atoms with Gasteiger partial charge in [-0.15, -0.1) is 0 Å². The lowest BCUT2D eigenvalue weighted by atomic mass is 10.1. The van der Waals surface area contributed by atoms with Gasteiger partial charge in [-0.25, -0.2) is 0 Å². The van der Waals surface area contributed by atoms with Crippen LogP contribution in [0.2, 0.25) is 0 Å². The maximum atomic E-state index is 11.0. The predicted octanol–water partition coefficient (Wildman–Crippen LogP) is -0.870. The number of carbonyl (C=O) groups excluding carboxylic acids is 1. The van der Waals surface area contributed by atoms with Gasteiger partial charge in [0.2, 0.25) is 5.91 Å². The second-order valence-electron chi connectivity index (χ2n) is 2.83. The fraction of sp³-hybridized carbons (Fsp3) is 0.857. The van der Waals surface area contributed by atoms with Crippen LogP contribution in [-0.2, 0) is 9.53 Å². The lowest BCUT2D eigenvalue weighted by Gasteiger charge is -2.24. The van der Waals surface area contributed by atoms with Crippen LogP contribution in [0.5, 0.6) is 0 Å². The smallest absolute Gasteiger partial charge is 0.227 e. The van der Waals surface area contributed by atoms with Gasteiger partial charge >= 0.3 is 0 Å². The minimum Gasteiger partial charge on any atom is -0.392 e. The third-order valence-electron chi connectivity index (χ3n) is 1.58. The van der Waals surface area contributed by atoms with Crippen molar-refractivity contribution in [2.24, 2.45) is 5.92 Å². The second-order valence-corrected chi connectivity index (χ2v) is 2.83. The Labute approximate surface area is 65.5 Å². The van der Waals surface area contributed by atoms with E-state index in [2.05, 4.69) is 5.32 Å². The van der Waals surface area contributed by atoms with Crippen LogP contribution in [0, 0.1) is 5.92 Å². The van der Waals surface area contributed by atoms with Gasteiger partial charge in [0.1, 0.15) is 0 Å². The molecule has 0 saturated carbocycles. The van der Waals surface area contributed by atoms with E-state index in [-0.39, 0.29) is 11.8 Å². The SMILES string of the molecule is C[C@H](O)CNC(=O)C1COC1. The summed E-state index contributed by atoms with van der Waals surface area (Å²) in [5.74, 6) is -0.00843. The molecule has 0 aliphatic carbocycles. The number of hydrogen-bond donors (Lipinski definition) is 2. The van der Waals surface area contributed by atoms with Crippen LogP contribution < -0.4 is 5.32 Å². The molecule has 11 heavy (non-hydrogen) atoms. The van der Waals surface area contributed by atoms with Crippen molar-refractivity contribution in [1.29, 1.82) is 0 Å². The van der Waals surface area contributed by atoms with Gasteiger partial charge < -0.3 is 15.2 Å². The van der Waals surface area contributed by atoms with Crippen molar-refractivity contribution in [1.82, 2.24) is 5.32 Å². The quantitative estimate of drug-likeness (QED) is 0.562. The molecule has 1 aliphatic heterocycles. The van der Waals surface area contributed by atoms with Crippen LogP contribution >= 0.6 is 0 Å². The molecule has 0 unspecified atom stereocenters. The lowest BCUT2D eigenvalue weighted by Crippen LogP contribution is -2.44. The topological polar surface area (TPSA) is 58.6 Å². The number of aliphatic hydroxyl groups excluding tert-OH is 1. The normalized spacial score (nSPS) is 20.5. The molecule has 1 amide bonds. The summed E-state index contributed by atoms with van der Waals surface area (Å²) in [5.41, 5.74) is 0. The first-order valence-corrected chi connectivity index (χ1v) is 3.73. The van der Waals surface area contributed by atoms with Crippen molar-refractivity contribution >= 4 is 5.91 Å². The molecular formula is C7H13NO3. The van der Waals surface area contributed by atoms with Gasteiger partial charge in [-0.05, 0) is 6.92 Å². The molecular weight excluding hydrogens is 146 g/mol. The predicted molar refractivity (Wildman–Crippen MR) is 39.0 cm³/mol. The molecule has 0 aromatic rings. The van der Waals surface area contributed by atoms with E-state index >= 15 is 0 Å². The summed E-state index contributed by atoms with van der Waals surface area (Å²) < 4.78 is 4.84. The van der Waals surface area contributed by atoms with Crippen LogP contribution in [0.25, 0.3) is 0 Å². The molecule has 64 valence electrons. The highest BCUT2D eigenvalue weighted by Gasteiger charge is 2.25. The fourth-order valence-corrected chi connectivity index (χ4v) is 0.780. The molecule has 0 spiro atoms. The molecule has 0 aromatic carbocycles. The van der Waals surface area contributed by atoms with Gasteiger partial charge in [-0.3, -0.25) is 4.79 Å². The number of rotatable bonds is 3. The average molecular weight is 159 g/mol. The van der Waals surface area contributed by atoms with Crippen molar-refractivity contribution in [2.75, 3.05) is 19.8 Å². The molecule has 1 rings (SSSR count). The molecule has 4 nitrogen and oxygen atoms in total. The van der Waals surface area contributed by atoms with Gasteiger partial charge in [-0.2, -0.15) is 0 Å². The molecule has 0 aromatic heterocycles. The van der Waals surface area contributed by atoms with E-state index in [0.29, 0.717) is 19.8 Å². The van der Waals surface area contributed by atoms with Crippen molar-refractivity contribution < 1.29 is 14.6 Å². The Hall–Kier alpha value is -0.610. The Morgan fingerprint density at radius 3 is 2.82 bits per heavy atom. The number of ether oxygens (including phenoxy) is 1. The first kappa shape index (κ1) is 8.49. The highest BCUT2D eigenvalue weighted by molar-refractivity contribution is 5.79. The minimum atomic E-state index is -0.472. The van der Waals surface area contributed by atoms with E-state index in [4.69, 9.17) is 9.84 Å². The molecule has 1 fully saturated rings. The summed E-state index contributed by atoms with van der Waals surface area (Å²) in [6.07, 6.45) is -0.472. The third kappa shape index (κ3) is 2.48. The number of aliphatic hydroxyl groups is 1. The Morgan fingerprint density at radius 1 is 1.82 bits per heavy atom. The number of nitrogens with one attached hydrogen (secondary N) is 1. The van der Waals surface area contributed by atoms with Gasteiger partial charge in [0.05, 0.1) is 25.2 Å². The maximum absolute atomic E-state index is 11.0. The monoisotopic (exact) mass is 159 g/mol. The maximum Gasteiger partial charge on any atom is 0.227 e. The fourth-order valence-electron chi connectivity index (χ4n) is 0.780. The summed E-state index contributed by atoms with van der Waals surface area (Å²) in [6, 6.07) is 0. The van der Waals surface area contributed by atoms with Gasteiger partial charge in [0, 0.05) is 6.54 Å². The highest BCUT2D eigenvalue weighted by atomic mass is 16.5. The number of hydrogen-bond acceptors (Lipinski definition) is 3. The Kier molecular flexibility index (Phi) is 2.84. The van der Waals surface area contributed by atoms with E-state index < -0.39 is 6.10 Å². The van der Waals surface area contributed by atoms with E-state index in [1.807, 2.05) is 0 Å². The van der Waals surface area contributed by atoms with Gasteiger partial charge in [0.25, 0.3) is 0 Å². The van der Waals surface area contributed by atoms with Crippen LogP contribution in [0.4, 0.5) is 0 Å². The largest absolute Gasteiger partial charge is 0.392 e. The second kappa shape index (κ2) is 3.69. The molecule has 2 N–H and O–H groups in total. The van der Waals surface area contributed by atoms with E-state index in [1.54, 1.807) is 6.92 Å². The number of carbonyl (C=O) groups is 1. The van der Waals surface area contributed by atoms with Crippen molar-refractivity contribution in [2.45, 2.75) is 13.0 Å². The zero-order valence-corrected chi connectivity index (χ0v) is 6.54. The molecule has 1 heterocycles. The average Bonchev–Trinajstić information content (AvgIpc) is 1.79. The molecule has 1 aliphatic rings. The Morgan fingerprint density at radius 2 is 2.45 bits per heavy atom. The van der Waals surface area contributed by atoms with E-state index in [1.165, 1.54) is 0 Å². The molecule has 4 heteroatoms. The van der Waals surface area contributed by atoms with Crippen LogP contribution in [0.3, 0.4) is 0 Å². The molecule has 0 radical (unpaired) electrons. The van der Waals surface area contributed by atoms with Crippen LogP contribution in [0.1, 0.15) is 6.92 Å². The zero-order chi connectivity index (χ0) is 8.27. The lowest BCUT2D eigenvalue weighted by molar-refractivity contribution is -0.139.